The van der Waals surface area contributed by atoms with Gasteiger partial charge in [-0.1, -0.05) is 0 Å². The Bertz CT molecular complexity index is 392. The zero-order chi connectivity index (χ0) is 11.4. The van der Waals surface area contributed by atoms with Crippen LogP contribution >= 0.6 is 0 Å². The lowest BCUT2D eigenvalue weighted by Gasteiger charge is -2.22. The molecule has 0 atom stereocenters. The molecule has 78 valence electrons. The highest BCUT2D eigenvalue weighted by Crippen LogP contribution is 2.09. The van der Waals surface area contributed by atoms with E-state index < -0.39 is 12.0 Å². The minimum Gasteiger partial charge on any atom is -0.478 e. The van der Waals surface area contributed by atoms with Gasteiger partial charge in [-0.3, -0.25) is 4.90 Å². The average molecular weight is 207 g/mol. The van der Waals surface area contributed by atoms with Crippen LogP contribution in [0.25, 0.3) is 0 Å². The third-order valence-corrected chi connectivity index (χ3v) is 1.86. The summed E-state index contributed by atoms with van der Waals surface area (Å²) in [5.41, 5.74) is 0.109. The fourth-order valence-corrected chi connectivity index (χ4v) is 1.06. The zero-order valence-corrected chi connectivity index (χ0v) is 8.04. The molecule has 0 aromatic rings. The predicted molar refractivity (Wildman–Crippen MR) is 50.3 cm³/mol. The molecule has 0 fully saturated rings. The van der Waals surface area contributed by atoms with E-state index >= 15 is 0 Å². The van der Waals surface area contributed by atoms with Gasteiger partial charge in [0.2, 0.25) is 0 Å². The van der Waals surface area contributed by atoms with Crippen molar-refractivity contribution in [3.8, 4) is 6.19 Å². The first-order valence-electron chi connectivity index (χ1n) is 4.11. The van der Waals surface area contributed by atoms with Crippen molar-refractivity contribution in [1.82, 2.24) is 9.80 Å². The van der Waals surface area contributed by atoms with Gasteiger partial charge in [-0.25, -0.2) is 14.5 Å². The number of amides is 2. The van der Waals surface area contributed by atoms with Crippen LogP contribution in [0.3, 0.4) is 0 Å². The third-order valence-electron chi connectivity index (χ3n) is 1.86. The molecule has 1 aliphatic heterocycles. The molecule has 1 N–H and O–H groups in total. The number of carboxylic acids is 1. The fourth-order valence-electron chi connectivity index (χ4n) is 1.06. The maximum Gasteiger partial charge on any atom is 0.337 e. The Morgan fingerprint density at radius 3 is 2.87 bits per heavy atom. The summed E-state index contributed by atoms with van der Waals surface area (Å²) in [5.74, 6) is -1.07. The Labute approximate surface area is 86.3 Å². The van der Waals surface area contributed by atoms with Crippen LogP contribution in [0.5, 0.6) is 0 Å². The number of nitriles is 1. The highest BCUT2D eigenvalue weighted by atomic mass is 16.4. The number of carboxylic acid groups (broad SMARTS) is 1. The monoisotopic (exact) mass is 207 g/mol. The van der Waals surface area contributed by atoms with Crippen LogP contribution in [-0.4, -0.2) is 40.5 Å². The molecule has 0 spiro atoms. The highest BCUT2D eigenvalue weighted by Gasteiger charge is 2.21. The van der Waals surface area contributed by atoms with Crippen LogP contribution in [0.2, 0.25) is 0 Å². The first kappa shape index (κ1) is 10.8. The maximum absolute atomic E-state index is 11.5. The van der Waals surface area contributed by atoms with Crippen LogP contribution in [0.4, 0.5) is 4.79 Å². The molecular formula is C9H9N3O3. The Kier molecular flexibility index (Phi) is 3.08. The normalized spacial score (nSPS) is 14.1. The van der Waals surface area contributed by atoms with Gasteiger partial charge in [0.1, 0.15) is 0 Å². The van der Waals surface area contributed by atoms with Gasteiger partial charge >= 0.3 is 12.0 Å². The van der Waals surface area contributed by atoms with E-state index in [-0.39, 0.29) is 12.1 Å². The summed E-state index contributed by atoms with van der Waals surface area (Å²) in [6.45, 7) is -0.0311. The van der Waals surface area contributed by atoms with Gasteiger partial charge in [0.05, 0.1) is 12.1 Å². The second-order valence-electron chi connectivity index (χ2n) is 2.91. The minimum absolute atomic E-state index is 0.0311. The molecule has 0 aromatic heterocycles. The molecular weight excluding hydrogens is 198 g/mol. The third kappa shape index (κ3) is 2.34. The number of carbonyl (C=O) groups excluding carboxylic acids is 1. The molecule has 0 aliphatic carbocycles. The first-order chi connectivity index (χ1) is 7.06. The maximum atomic E-state index is 11.5. The number of hydrogen-bond acceptors (Lipinski definition) is 3. The van der Waals surface area contributed by atoms with Crippen molar-refractivity contribution in [2.75, 3.05) is 13.6 Å². The molecule has 1 rings (SSSR count). The van der Waals surface area contributed by atoms with E-state index in [1.165, 1.54) is 25.4 Å². The molecule has 0 bridgehead atoms. The summed E-state index contributed by atoms with van der Waals surface area (Å²) >= 11 is 0. The Morgan fingerprint density at radius 1 is 1.67 bits per heavy atom. The van der Waals surface area contributed by atoms with Gasteiger partial charge in [0.15, 0.2) is 6.19 Å². The molecule has 15 heavy (non-hydrogen) atoms. The molecule has 0 radical (unpaired) electrons. The summed E-state index contributed by atoms with van der Waals surface area (Å²) in [7, 11) is 1.31. The molecule has 6 nitrogen and oxygen atoms in total. The molecule has 2 amide bonds. The van der Waals surface area contributed by atoms with Crippen LogP contribution in [0.15, 0.2) is 23.9 Å². The topological polar surface area (TPSA) is 84.6 Å². The fraction of sp³-hybridized carbons (Fsp3) is 0.222. The summed E-state index contributed by atoms with van der Waals surface area (Å²) in [6, 6.07) is -0.555. The van der Waals surface area contributed by atoms with Gasteiger partial charge in [-0.2, -0.15) is 5.26 Å². The largest absolute Gasteiger partial charge is 0.478 e. The van der Waals surface area contributed by atoms with Crippen molar-refractivity contribution < 1.29 is 14.7 Å². The van der Waals surface area contributed by atoms with Crippen LogP contribution < -0.4 is 0 Å². The SMILES string of the molecule is CN(C#N)C(=O)N1C=CC=C(C(=O)O)C1. The van der Waals surface area contributed by atoms with E-state index in [2.05, 4.69) is 0 Å². The van der Waals surface area contributed by atoms with Crippen LogP contribution in [0.1, 0.15) is 0 Å². The summed E-state index contributed by atoms with van der Waals surface area (Å²) in [6.07, 6.45) is 5.95. The molecule has 0 unspecified atom stereocenters. The lowest BCUT2D eigenvalue weighted by atomic mass is 10.2. The summed E-state index contributed by atoms with van der Waals surface area (Å²) in [4.78, 5) is 24.1. The van der Waals surface area contributed by atoms with Gasteiger partial charge in [-0.05, 0) is 12.2 Å². The second kappa shape index (κ2) is 4.28. The molecule has 1 heterocycles. The summed E-state index contributed by atoms with van der Waals surface area (Å²) in [5, 5.41) is 17.2. The lowest BCUT2D eigenvalue weighted by Crippen LogP contribution is -2.38. The smallest absolute Gasteiger partial charge is 0.337 e. The van der Waals surface area contributed by atoms with E-state index in [1.54, 1.807) is 6.19 Å². The molecule has 6 heteroatoms. The van der Waals surface area contributed by atoms with Gasteiger partial charge in [0.25, 0.3) is 0 Å². The van der Waals surface area contributed by atoms with Crippen molar-refractivity contribution in [2.24, 2.45) is 0 Å². The van der Waals surface area contributed by atoms with E-state index in [1.807, 2.05) is 0 Å². The van der Waals surface area contributed by atoms with Crippen molar-refractivity contribution >= 4 is 12.0 Å². The van der Waals surface area contributed by atoms with E-state index in [0.717, 1.165) is 9.80 Å². The first-order valence-corrected chi connectivity index (χ1v) is 4.11. The second-order valence-corrected chi connectivity index (χ2v) is 2.91. The Morgan fingerprint density at radius 2 is 2.33 bits per heavy atom. The zero-order valence-electron chi connectivity index (χ0n) is 8.04. The Balaban J connectivity index is 2.75. The number of rotatable bonds is 1. The minimum atomic E-state index is -1.07. The van der Waals surface area contributed by atoms with Gasteiger partial charge < -0.3 is 5.11 Å². The lowest BCUT2D eigenvalue weighted by molar-refractivity contribution is -0.132. The number of carbonyl (C=O) groups is 2. The number of nitrogens with zero attached hydrogens (tertiary/aromatic N) is 3. The van der Waals surface area contributed by atoms with Gasteiger partial charge in [0, 0.05) is 13.2 Å². The van der Waals surface area contributed by atoms with Crippen LogP contribution in [0, 0.1) is 11.5 Å². The average Bonchev–Trinajstić information content (AvgIpc) is 2.27. The van der Waals surface area contributed by atoms with Crippen molar-refractivity contribution in [2.45, 2.75) is 0 Å². The highest BCUT2D eigenvalue weighted by molar-refractivity contribution is 5.89. The molecule has 0 aromatic carbocycles. The Hall–Kier alpha value is -2.29. The van der Waals surface area contributed by atoms with Crippen molar-refractivity contribution in [3.63, 3.8) is 0 Å². The molecule has 0 saturated heterocycles. The number of hydrogen-bond donors (Lipinski definition) is 1. The molecule has 1 aliphatic rings. The summed E-state index contributed by atoms with van der Waals surface area (Å²) < 4.78 is 0. The van der Waals surface area contributed by atoms with E-state index in [9.17, 15) is 9.59 Å². The van der Waals surface area contributed by atoms with Crippen molar-refractivity contribution in [3.05, 3.63) is 23.9 Å². The van der Waals surface area contributed by atoms with E-state index in [4.69, 9.17) is 10.4 Å². The number of aliphatic carboxylic acids is 1. The number of allylic oxidation sites excluding steroid dienone is 2. The van der Waals surface area contributed by atoms with Gasteiger partial charge in [-0.15, -0.1) is 0 Å². The standard InChI is InChI=1S/C9H9N3O3/c1-11(6-10)9(15)12-4-2-3-7(5-12)8(13)14/h2-4H,5H2,1H3,(H,13,14). The quantitative estimate of drug-likeness (QED) is 0.497. The van der Waals surface area contributed by atoms with E-state index in [0.29, 0.717) is 0 Å². The van der Waals surface area contributed by atoms with Crippen molar-refractivity contribution in [1.29, 1.82) is 5.26 Å². The van der Waals surface area contributed by atoms with Crippen LogP contribution in [-0.2, 0) is 4.79 Å². The predicted octanol–water partition coefficient (Wildman–Crippen LogP) is 0.360. The molecule has 0 saturated carbocycles. The number of urea groups is 1.